The number of hydrogen-bond acceptors (Lipinski definition) is 9. The normalized spacial score (nSPS) is 10.9. The molecule has 2 amide bonds. The zero-order valence-corrected chi connectivity index (χ0v) is 17.8. The summed E-state index contributed by atoms with van der Waals surface area (Å²) in [5.74, 6) is -2.60. The van der Waals surface area contributed by atoms with Gasteiger partial charge in [0.05, 0.1) is 5.56 Å². The van der Waals surface area contributed by atoms with Crippen LogP contribution in [0, 0.1) is 0 Å². The van der Waals surface area contributed by atoms with Gasteiger partial charge in [-0.1, -0.05) is 24.2 Å². The van der Waals surface area contributed by atoms with E-state index in [1.807, 2.05) is 13.8 Å². The van der Waals surface area contributed by atoms with Crippen molar-refractivity contribution in [2.75, 3.05) is 11.9 Å². The molecule has 11 nitrogen and oxygen atoms in total. The van der Waals surface area contributed by atoms with Gasteiger partial charge in [-0.05, 0) is 24.5 Å². The minimum absolute atomic E-state index is 0.0988. The highest BCUT2D eigenvalue weighted by Crippen LogP contribution is 2.41. The number of nitrogens with zero attached hydrogens (tertiary/aromatic N) is 2. The summed E-state index contributed by atoms with van der Waals surface area (Å²) in [6.45, 7) is 6.94. The first-order valence-electron chi connectivity index (χ1n) is 9.77. The number of rotatable bonds is 7. The van der Waals surface area contributed by atoms with Crippen molar-refractivity contribution in [3.8, 4) is 22.8 Å². The summed E-state index contributed by atoms with van der Waals surface area (Å²) in [7, 11) is 0. The summed E-state index contributed by atoms with van der Waals surface area (Å²) in [5, 5.41) is 32.9. The van der Waals surface area contributed by atoms with Crippen molar-refractivity contribution in [3.05, 3.63) is 40.9 Å². The van der Waals surface area contributed by atoms with Gasteiger partial charge in [0.25, 0.3) is 11.8 Å². The number of phenols is 2. The fraction of sp³-hybridized carbons (Fsp3) is 0.286. The van der Waals surface area contributed by atoms with Crippen LogP contribution >= 0.6 is 0 Å². The molecular formula is C21H22N4O7. The Morgan fingerprint density at radius 2 is 1.75 bits per heavy atom. The van der Waals surface area contributed by atoms with E-state index >= 15 is 0 Å². The van der Waals surface area contributed by atoms with Gasteiger partial charge in [-0.15, -0.1) is 0 Å². The molecule has 0 radical (unpaired) electrons. The molecule has 2 heterocycles. The predicted molar refractivity (Wildman–Crippen MR) is 112 cm³/mol. The van der Waals surface area contributed by atoms with Gasteiger partial charge < -0.3 is 29.9 Å². The Kier molecular flexibility index (Phi) is 6.28. The predicted octanol–water partition coefficient (Wildman–Crippen LogP) is 3.07. The highest BCUT2D eigenvalue weighted by molar-refractivity contribution is 6.10. The van der Waals surface area contributed by atoms with E-state index in [4.69, 9.17) is 9.05 Å². The standard InChI is InChI=1S/C21H22N4O7/c1-5-22-21(30)18-17(23-20(29)13-7-16(10(4)26)31-24-13)19(32-25-18)12-6-11(9(2)3)14(27)8-15(12)28/h6-9,27-28H,5H2,1-4H3,(H,22,30)(H,23,29). The summed E-state index contributed by atoms with van der Waals surface area (Å²) in [6, 6.07) is 3.78. The summed E-state index contributed by atoms with van der Waals surface area (Å²) in [4.78, 5) is 36.6. The molecule has 4 N–H and O–H groups in total. The zero-order valence-electron chi connectivity index (χ0n) is 17.8. The molecular weight excluding hydrogens is 420 g/mol. The van der Waals surface area contributed by atoms with Crippen molar-refractivity contribution in [1.82, 2.24) is 15.6 Å². The molecule has 0 saturated carbocycles. The van der Waals surface area contributed by atoms with Gasteiger partial charge in [0, 0.05) is 25.6 Å². The van der Waals surface area contributed by atoms with Crippen LogP contribution in [0.4, 0.5) is 5.69 Å². The Morgan fingerprint density at radius 1 is 1.03 bits per heavy atom. The zero-order chi connectivity index (χ0) is 23.6. The van der Waals surface area contributed by atoms with E-state index in [-0.39, 0.29) is 51.6 Å². The third-order valence-electron chi connectivity index (χ3n) is 4.58. The second-order valence-corrected chi connectivity index (χ2v) is 7.26. The number of ketones is 1. The van der Waals surface area contributed by atoms with Gasteiger partial charge in [-0.3, -0.25) is 14.4 Å². The maximum absolute atomic E-state index is 12.7. The molecule has 11 heteroatoms. The minimum Gasteiger partial charge on any atom is -0.508 e. The maximum atomic E-state index is 12.7. The van der Waals surface area contributed by atoms with Crippen LogP contribution < -0.4 is 10.6 Å². The van der Waals surface area contributed by atoms with Crippen molar-refractivity contribution in [2.45, 2.75) is 33.6 Å². The van der Waals surface area contributed by atoms with E-state index in [2.05, 4.69) is 20.9 Å². The van der Waals surface area contributed by atoms with Crippen LogP contribution in [0.25, 0.3) is 11.3 Å². The lowest BCUT2D eigenvalue weighted by molar-refractivity contribution is 0.0945. The summed E-state index contributed by atoms with van der Waals surface area (Å²) >= 11 is 0. The van der Waals surface area contributed by atoms with E-state index in [9.17, 15) is 24.6 Å². The molecule has 0 bridgehead atoms. The van der Waals surface area contributed by atoms with E-state index in [0.717, 1.165) is 12.1 Å². The Balaban J connectivity index is 2.10. The van der Waals surface area contributed by atoms with Crippen LogP contribution in [0.1, 0.15) is 70.7 Å². The Bertz CT molecular complexity index is 1190. The molecule has 3 aromatic rings. The number of nitrogens with one attached hydrogen (secondary N) is 2. The average molecular weight is 442 g/mol. The Morgan fingerprint density at radius 3 is 2.34 bits per heavy atom. The molecule has 0 aliphatic rings. The highest BCUT2D eigenvalue weighted by Gasteiger charge is 2.28. The molecule has 0 aliphatic heterocycles. The van der Waals surface area contributed by atoms with E-state index in [0.29, 0.717) is 12.1 Å². The first-order valence-corrected chi connectivity index (χ1v) is 9.77. The van der Waals surface area contributed by atoms with Gasteiger partial charge in [-0.2, -0.15) is 0 Å². The van der Waals surface area contributed by atoms with Gasteiger partial charge in [0.1, 0.15) is 17.2 Å². The average Bonchev–Trinajstić information content (AvgIpc) is 3.36. The molecule has 0 fully saturated rings. The van der Waals surface area contributed by atoms with Crippen LogP contribution in [-0.4, -0.2) is 44.7 Å². The van der Waals surface area contributed by atoms with Crippen molar-refractivity contribution in [2.24, 2.45) is 0 Å². The van der Waals surface area contributed by atoms with E-state index in [1.54, 1.807) is 6.92 Å². The van der Waals surface area contributed by atoms with Crippen molar-refractivity contribution < 1.29 is 33.6 Å². The Hall–Kier alpha value is -4.15. The quantitative estimate of drug-likeness (QED) is 0.402. The molecule has 32 heavy (non-hydrogen) atoms. The number of Topliss-reactive ketones (excluding diaryl/α,β-unsaturated/α-hetero) is 1. The molecule has 1 aromatic carbocycles. The lowest BCUT2D eigenvalue weighted by Crippen LogP contribution is -2.25. The van der Waals surface area contributed by atoms with Crippen molar-refractivity contribution in [1.29, 1.82) is 0 Å². The smallest absolute Gasteiger partial charge is 0.278 e. The van der Waals surface area contributed by atoms with E-state index < -0.39 is 17.6 Å². The lowest BCUT2D eigenvalue weighted by Gasteiger charge is -2.12. The number of hydrogen-bond donors (Lipinski definition) is 4. The number of amides is 2. The van der Waals surface area contributed by atoms with Crippen molar-refractivity contribution in [3.63, 3.8) is 0 Å². The number of phenolic OH excluding ortho intramolecular Hbond substituents is 2. The van der Waals surface area contributed by atoms with Gasteiger partial charge in [0.2, 0.25) is 5.76 Å². The third kappa shape index (κ3) is 4.31. The molecule has 0 saturated heterocycles. The van der Waals surface area contributed by atoms with Crippen LogP contribution in [0.5, 0.6) is 11.5 Å². The first-order chi connectivity index (χ1) is 15.1. The molecule has 0 atom stereocenters. The maximum Gasteiger partial charge on any atom is 0.278 e. The molecule has 0 unspecified atom stereocenters. The third-order valence-corrected chi connectivity index (χ3v) is 4.58. The minimum atomic E-state index is -0.793. The fourth-order valence-corrected chi connectivity index (χ4v) is 2.95. The van der Waals surface area contributed by atoms with Crippen LogP contribution in [-0.2, 0) is 0 Å². The number of carbonyl (C=O) groups is 3. The van der Waals surface area contributed by atoms with Crippen molar-refractivity contribution >= 4 is 23.3 Å². The SMILES string of the molecule is CCNC(=O)c1noc(-c2cc(C(C)C)c(O)cc2O)c1NC(=O)c1cc(C(C)=O)on1. The number of anilines is 1. The number of carbonyl (C=O) groups excluding carboxylic acids is 3. The molecule has 0 aliphatic carbocycles. The monoisotopic (exact) mass is 442 g/mol. The number of benzene rings is 1. The molecule has 2 aromatic heterocycles. The summed E-state index contributed by atoms with van der Waals surface area (Å²) in [5.41, 5.74) is 0.0538. The lowest BCUT2D eigenvalue weighted by atomic mass is 9.97. The first kappa shape index (κ1) is 22.5. The number of aromatic hydroxyl groups is 2. The van der Waals surface area contributed by atoms with Gasteiger partial charge >= 0.3 is 0 Å². The second kappa shape index (κ2) is 8.92. The van der Waals surface area contributed by atoms with Crippen LogP contribution in [0.2, 0.25) is 0 Å². The molecule has 0 spiro atoms. The summed E-state index contributed by atoms with van der Waals surface area (Å²) < 4.78 is 10.1. The highest BCUT2D eigenvalue weighted by atomic mass is 16.5. The number of aromatic nitrogens is 2. The van der Waals surface area contributed by atoms with E-state index in [1.165, 1.54) is 13.0 Å². The largest absolute Gasteiger partial charge is 0.508 e. The summed E-state index contributed by atoms with van der Waals surface area (Å²) in [6.07, 6.45) is 0. The van der Waals surface area contributed by atoms with Crippen LogP contribution in [0.15, 0.2) is 27.2 Å². The Labute approximate surface area is 182 Å². The van der Waals surface area contributed by atoms with Gasteiger partial charge in [0.15, 0.2) is 22.9 Å². The topological polar surface area (TPSA) is 168 Å². The second-order valence-electron chi connectivity index (χ2n) is 7.26. The molecule has 168 valence electrons. The molecule has 3 rings (SSSR count). The van der Waals surface area contributed by atoms with Crippen LogP contribution in [0.3, 0.4) is 0 Å². The van der Waals surface area contributed by atoms with Gasteiger partial charge in [-0.25, -0.2) is 0 Å². The fourth-order valence-electron chi connectivity index (χ4n) is 2.95.